The summed E-state index contributed by atoms with van der Waals surface area (Å²) >= 11 is 0. The minimum atomic E-state index is -0.269. The maximum atomic E-state index is 12.0. The number of carbonyl (C=O) groups is 1. The quantitative estimate of drug-likeness (QED) is 0.793. The van der Waals surface area contributed by atoms with Crippen LogP contribution in [0.3, 0.4) is 0 Å². The Morgan fingerprint density at radius 1 is 0.955 bits per heavy atom. The first kappa shape index (κ1) is 13.8. The van der Waals surface area contributed by atoms with Crippen LogP contribution in [0.5, 0.6) is 0 Å². The molecular formula is C16H13N5O. The van der Waals surface area contributed by atoms with Crippen molar-refractivity contribution in [3.05, 3.63) is 72.7 Å². The van der Waals surface area contributed by atoms with Crippen molar-refractivity contribution in [3.63, 3.8) is 0 Å². The van der Waals surface area contributed by atoms with Crippen LogP contribution in [0, 0.1) is 0 Å². The largest absolute Gasteiger partial charge is 0.346 e. The maximum Gasteiger partial charge on any atom is 0.271 e. The minimum absolute atomic E-state index is 0.269. The fraction of sp³-hybridized carbons (Fsp3) is 0.0625. The van der Waals surface area contributed by atoms with Crippen LogP contribution >= 0.6 is 0 Å². The highest BCUT2D eigenvalue weighted by Crippen LogP contribution is 2.19. The molecule has 0 saturated heterocycles. The Hall–Kier alpha value is -3.15. The molecule has 0 bridgehead atoms. The van der Waals surface area contributed by atoms with Crippen LogP contribution in [0.2, 0.25) is 0 Å². The fourth-order valence-electron chi connectivity index (χ4n) is 2.03. The number of nitrogens with zero attached hydrogens (tertiary/aromatic N) is 4. The van der Waals surface area contributed by atoms with Gasteiger partial charge in [-0.15, -0.1) is 0 Å². The van der Waals surface area contributed by atoms with E-state index in [0.717, 1.165) is 16.8 Å². The molecule has 1 amide bonds. The van der Waals surface area contributed by atoms with Gasteiger partial charge < -0.3 is 5.32 Å². The monoisotopic (exact) mass is 291 g/mol. The average molecular weight is 291 g/mol. The van der Waals surface area contributed by atoms with Gasteiger partial charge >= 0.3 is 0 Å². The smallest absolute Gasteiger partial charge is 0.271 e. The van der Waals surface area contributed by atoms with Gasteiger partial charge in [0.15, 0.2) is 0 Å². The third kappa shape index (κ3) is 3.12. The molecule has 22 heavy (non-hydrogen) atoms. The molecule has 1 N–H and O–H groups in total. The average Bonchev–Trinajstić information content (AvgIpc) is 2.61. The Kier molecular flexibility index (Phi) is 4.10. The molecule has 0 aromatic carbocycles. The van der Waals surface area contributed by atoms with Crippen molar-refractivity contribution in [3.8, 4) is 11.3 Å². The van der Waals surface area contributed by atoms with E-state index >= 15 is 0 Å². The zero-order valence-corrected chi connectivity index (χ0v) is 11.7. The predicted molar refractivity (Wildman–Crippen MR) is 80.7 cm³/mol. The van der Waals surface area contributed by atoms with Crippen molar-refractivity contribution in [2.75, 3.05) is 0 Å². The summed E-state index contributed by atoms with van der Waals surface area (Å²) in [5.74, 6) is -0.269. The van der Waals surface area contributed by atoms with Gasteiger partial charge in [0, 0.05) is 43.1 Å². The lowest BCUT2D eigenvalue weighted by molar-refractivity contribution is 0.0945. The lowest BCUT2D eigenvalue weighted by atomic mass is 10.1. The summed E-state index contributed by atoms with van der Waals surface area (Å²) in [6.07, 6.45) is 9.62. The van der Waals surface area contributed by atoms with Gasteiger partial charge in [-0.05, 0) is 23.8 Å². The molecule has 0 atom stereocenters. The maximum absolute atomic E-state index is 12.0. The molecule has 3 heterocycles. The molecule has 0 fully saturated rings. The number of hydrogen-bond donors (Lipinski definition) is 1. The molecule has 0 aliphatic rings. The Balaban J connectivity index is 1.78. The number of hydrogen-bond acceptors (Lipinski definition) is 5. The van der Waals surface area contributed by atoms with Crippen LogP contribution in [0.25, 0.3) is 11.3 Å². The lowest BCUT2D eigenvalue weighted by Gasteiger charge is -2.09. The first-order valence-electron chi connectivity index (χ1n) is 6.73. The molecular weight excluding hydrogens is 278 g/mol. The number of pyridine rings is 2. The van der Waals surface area contributed by atoms with E-state index < -0.39 is 0 Å². The molecule has 3 aromatic heterocycles. The minimum Gasteiger partial charge on any atom is -0.346 e. The highest BCUT2D eigenvalue weighted by molar-refractivity contribution is 5.91. The summed E-state index contributed by atoms with van der Waals surface area (Å²) in [7, 11) is 0. The number of amides is 1. The van der Waals surface area contributed by atoms with E-state index in [1.165, 1.54) is 18.6 Å². The van der Waals surface area contributed by atoms with E-state index in [9.17, 15) is 4.79 Å². The second kappa shape index (κ2) is 6.53. The third-order valence-electron chi connectivity index (χ3n) is 3.06. The topological polar surface area (TPSA) is 80.7 Å². The van der Waals surface area contributed by atoms with Gasteiger partial charge in [-0.1, -0.05) is 6.07 Å². The lowest BCUT2D eigenvalue weighted by Crippen LogP contribution is -2.24. The summed E-state index contributed by atoms with van der Waals surface area (Å²) in [6, 6.07) is 7.55. The van der Waals surface area contributed by atoms with Crippen molar-refractivity contribution in [2.24, 2.45) is 0 Å². The summed E-state index contributed by atoms with van der Waals surface area (Å²) < 4.78 is 0. The van der Waals surface area contributed by atoms with Crippen molar-refractivity contribution in [2.45, 2.75) is 6.54 Å². The second-order valence-corrected chi connectivity index (χ2v) is 4.53. The third-order valence-corrected chi connectivity index (χ3v) is 3.06. The normalized spacial score (nSPS) is 10.2. The molecule has 3 rings (SSSR count). The van der Waals surface area contributed by atoms with Crippen LogP contribution in [-0.2, 0) is 6.54 Å². The zero-order chi connectivity index (χ0) is 15.2. The Labute approximate surface area is 127 Å². The highest BCUT2D eigenvalue weighted by Gasteiger charge is 2.10. The van der Waals surface area contributed by atoms with Crippen LogP contribution in [0.4, 0.5) is 0 Å². The molecule has 6 heteroatoms. The highest BCUT2D eigenvalue weighted by atomic mass is 16.1. The summed E-state index contributed by atoms with van der Waals surface area (Å²) in [5.41, 5.74) is 2.91. The molecule has 3 aromatic rings. The summed E-state index contributed by atoms with van der Waals surface area (Å²) in [5, 5.41) is 2.82. The molecule has 0 aliphatic carbocycles. The SMILES string of the molecule is O=C(NCc1cccnc1-c1cccnc1)c1cnccn1. The van der Waals surface area contributed by atoms with Gasteiger partial charge in [-0.25, -0.2) is 4.98 Å². The van der Waals surface area contributed by atoms with E-state index in [1.54, 1.807) is 18.6 Å². The van der Waals surface area contributed by atoms with Gasteiger partial charge in [0.1, 0.15) is 5.69 Å². The van der Waals surface area contributed by atoms with Crippen molar-refractivity contribution in [1.82, 2.24) is 25.3 Å². The van der Waals surface area contributed by atoms with Crippen LogP contribution < -0.4 is 5.32 Å². The molecule has 0 spiro atoms. The van der Waals surface area contributed by atoms with Gasteiger partial charge in [0.25, 0.3) is 5.91 Å². The predicted octanol–water partition coefficient (Wildman–Crippen LogP) is 1.86. The van der Waals surface area contributed by atoms with Crippen LogP contribution in [0.1, 0.15) is 16.1 Å². The first-order valence-corrected chi connectivity index (χ1v) is 6.73. The van der Waals surface area contributed by atoms with Crippen LogP contribution in [0.15, 0.2) is 61.4 Å². The van der Waals surface area contributed by atoms with E-state index in [1.807, 2.05) is 24.3 Å². The van der Waals surface area contributed by atoms with E-state index in [2.05, 4.69) is 25.3 Å². The first-order chi connectivity index (χ1) is 10.8. The number of aromatic nitrogens is 4. The second-order valence-electron chi connectivity index (χ2n) is 4.53. The molecule has 0 radical (unpaired) electrons. The molecule has 0 aliphatic heterocycles. The number of nitrogens with one attached hydrogen (secondary N) is 1. The van der Waals surface area contributed by atoms with Gasteiger partial charge in [-0.3, -0.25) is 19.7 Å². The van der Waals surface area contributed by atoms with Gasteiger partial charge in [-0.2, -0.15) is 0 Å². The molecule has 0 unspecified atom stereocenters. The molecule has 108 valence electrons. The fourth-order valence-corrected chi connectivity index (χ4v) is 2.03. The number of rotatable bonds is 4. The van der Waals surface area contributed by atoms with Crippen molar-refractivity contribution >= 4 is 5.91 Å². The van der Waals surface area contributed by atoms with Gasteiger partial charge in [0.05, 0.1) is 11.9 Å². The van der Waals surface area contributed by atoms with E-state index in [4.69, 9.17) is 0 Å². The summed E-state index contributed by atoms with van der Waals surface area (Å²) in [4.78, 5) is 28.4. The van der Waals surface area contributed by atoms with Crippen LogP contribution in [-0.4, -0.2) is 25.8 Å². The molecule has 6 nitrogen and oxygen atoms in total. The zero-order valence-electron chi connectivity index (χ0n) is 11.7. The van der Waals surface area contributed by atoms with Crippen molar-refractivity contribution in [1.29, 1.82) is 0 Å². The Morgan fingerprint density at radius 3 is 2.59 bits per heavy atom. The summed E-state index contributed by atoms with van der Waals surface area (Å²) in [6.45, 7) is 0.355. The Morgan fingerprint density at radius 2 is 1.82 bits per heavy atom. The van der Waals surface area contributed by atoms with Crippen molar-refractivity contribution < 1.29 is 4.79 Å². The van der Waals surface area contributed by atoms with E-state index in [-0.39, 0.29) is 11.6 Å². The molecule has 0 saturated carbocycles. The standard InChI is InChI=1S/C16H13N5O/c22-16(14-11-18-7-8-19-14)21-10-13-4-2-6-20-15(13)12-3-1-5-17-9-12/h1-9,11H,10H2,(H,21,22). The van der Waals surface area contributed by atoms with E-state index in [0.29, 0.717) is 6.54 Å². The number of carbonyl (C=O) groups excluding carboxylic acids is 1. The Bertz CT molecular complexity index is 762. The van der Waals surface area contributed by atoms with Gasteiger partial charge in [0.2, 0.25) is 0 Å².